The van der Waals surface area contributed by atoms with Gasteiger partial charge < -0.3 is 15.3 Å². The Hall–Kier alpha value is -2.07. The molecule has 2 rings (SSSR count). The average molecular weight is 300 g/mol. The van der Waals surface area contributed by atoms with Gasteiger partial charge >= 0.3 is 6.03 Å². The SMILES string of the molecule is CCCN(CCO)C(=O)NCCc1ccc2ccccc2c1. The molecule has 2 aromatic rings. The zero-order valence-electron chi connectivity index (χ0n) is 13.1. The molecule has 0 spiro atoms. The van der Waals surface area contributed by atoms with Gasteiger partial charge in [0, 0.05) is 19.6 Å². The number of hydrogen-bond donors (Lipinski definition) is 2. The van der Waals surface area contributed by atoms with Crippen molar-refractivity contribution in [2.45, 2.75) is 19.8 Å². The van der Waals surface area contributed by atoms with Crippen LogP contribution in [-0.4, -0.2) is 42.3 Å². The number of nitrogens with one attached hydrogen (secondary N) is 1. The van der Waals surface area contributed by atoms with Gasteiger partial charge in [0.2, 0.25) is 0 Å². The van der Waals surface area contributed by atoms with Crippen LogP contribution in [0.15, 0.2) is 42.5 Å². The third kappa shape index (κ3) is 4.46. The largest absolute Gasteiger partial charge is 0.395 e. The van der Waals surface area contributed by atoms with Gasteiger partial charge in [-0.25, -0.2) is 4.79 Å². The van der Waals surface area contributed by atoms with Crippen LogP contribution < -0.4 is 5.32 Å². The summed E-state index contributed by atoms with van der Waals surface area (Å²) in [5.41, 5.74) is 1.21. The van der Waals surface area contributed by atoms with E-state index in [0.29, 0.717) is 19.6 Å². The highest BCUT2D eigenvalue weighted by molar-refractivity contribution is 5.83. The second-order valence-electron chi connectivity index (χ2n) is 5.37. The molecule has 0 aliphatic rings. The number of urea groups is 1. The fourth-order valence-electron chi connectivity index (χ4n) is 2.53. The second kappa shape index (κ2) is 8.39. The van der Waals surface area contributed by atoms with Crippen molar-refractivity contribution >= 4 is 16.8 Å². The highest BCUT2D eigenvalue weighted by Gasteiger charge is 2.10. The van der Waals surface area contributed by atoms with Gasteiger partial charge in [0.05, 0.1) is 6.61 Å². The van der Waals surface area contributed by atoms with Crippen LogP contribution >= 0.6 is 0 Å². The molecule has 0 aliphatic carbocycles. The number of benzene rings is 2. The van der Waals surface area contributed by atoms with E-state index >= 15 is 0 Å². The standard InChI is InChI=1S/C18H24N2O2/c1-2-11-20(12-13-21)18(22)19-10-9-15-7-8-16-5-3-4-6-17(16)14-15/h3-8,14,21H,2,9-13H2,1H3,(H,19,22). The predicted molar refractivity (Wildman–Crippen MR) is 90.0 cm³/mol. The van der Waals surface area contributed by atoms with E-state index < -0.39 is 0 Å². The summed E-state index contributed by atoms with van der Waals surface area (Å²) in [5, 5.41) is 14.4. The Kier molecular flexibility index (Phi) is 6.22. The lowest BCUT2D eigenvalue weighted by atomic mass is 10.1. The van der Waals surface area contributed by atoms with Gasteiger partial charge in [-0.1, -0.05) is 49.4 Å². The molecule has 2 amide bonds. The van der Waals surface area contributed by atoms with E-state index in [-0.39, 0.29) is 12.6 Å². The van der Waals surface area contributed by atoms with Gasteiger partial charge in [-0.05, 0) is 29.2 Å². The molecular formula is C18H24N2O2. The summed E-state index contributed by atoms with van der Waals surface area (Å²) < 4.78 is 0. The lowest BCUT2D eigenvalue weighted by Crippen LogP contribution is -2.42. The molecule has 2 aromatic carbocycles. The molecule has 4 nitrogen and oxygen atoms in total. The molecule has 0 saturated carbocycles. The van der Waals surface area contributed by atoms with Crippen molar-refractivity contribution in [3.05, 3.63) is 48.0 Å². The molecule has 118 valence electrons. The average Bonchev–Trinajstić information content (AvgIpc) is 2.54. The normalized spacial score (nSPS) is 10.6. The summed E-state index contributed by atoms with van der Waals surface area (Å²) in [7, 11) is 0. The molecule has 0 fully saturated rings. The lowest BCUT2D eigenvalue weighted by Gasteiger charge is -2.21. The molecular weight excluding hydrogens is 276 g/mol. The molecule has 0 unspecified atom stereocenters. The summed E-state index contributed by atoms with van der Waals surface area (Å²) in [6.45, 7) is 3.67. The molecule has 0 saturated heterocycles. The molecule has 0 bridgehead atoms. The number of aliphatic hydroxyl groups is 1. The zero-order chi connectivity index (χ0) is 15.8. The van der Waals surface area contributed by atoms with Gasteiger partial charge in [-0.2, -0.15) is 0 Å². The third-order valence-corrected chi connectivity index (χ3v) is 3.65. The van der Waals surface area contributed by atoms with E-state index in [9.17, 15) is 4.79 Å². The van der Waals surface area contributed by atoms with Crippen molar-refractivity contribution < 1.29 is 9.90 Å². The van der Waals surface area contributed by atoms with Gasteiger partial charge in [0.15, 0.2) is 0 Å². The van der Waals surface area contributed by atoms with Gasteiger partial charge in [-0.15, -0.1) is 0 Å². The first kappa shape index (κ1) is 16.3. The molecule has 2 N–H and O–H groups in total. The van der Waals surface area contributed by atoms with Gasteiger partial charge in [0.25, 0.3) is 0 Å². The number of carbonyl (C=O) groups excluding carboxylic acids is 1. The molecule has 0 aliphatic heterocycles. The summed E-state index contributed by atoms with van der Waals surface area (Å²) in [4.78, 5) is 13.7. The summed E-state index contributed by atoms with van der Waals surface area (Å²) in [6.07, 6.45) is 1.69. The van der Waals surface area contributed by atoms with E-state index in [1.165, 1.54) is 16.3 Å². The first-order valence-corrected chi connectivity index (χ1v) is 7.86. The Labute approximate surface area is 131 Å². The van der Waals surface area contributed by atoms with Crippen LogP contribution in [0.5, 0.6) is 0 Å². The van der Waals surface area contributed by atoms with Crippen LogP contribution in [0.4, 0.5) is 4.79 Å². The first-order valence-electron chi connectivity index (χ1n) is 7.86. The molecule has 0 atom stereocenters. The minimum absolute atomic E-state index is 0.00189. The Balaban J connectivity index is 1.87. The van der Waals surface area contributed by atoms with E-state index in [0.717, 1.165) is 12.8 Å². The van der Waals surface area contributed by atoms with Crippen LogP contribution in [0.2, 0.25) is 0 Å². The Morgan fingerprint density at radius 1 is 1.14 bits per heavy atom. The van der Waals surface area contributed by atoms with Crippen LogP contribution in [0.3, 0.4) is 0 Å². The first-order chi connectivity index (χ1) is 10.7. The highest BCUT2D eigenvalue weighted by atomic mass is 16.3. The maximum atomic E-state index is 12.0. The van der Waals surface area contributed by atoms with Crippen LogP contribution in [-0.2, 0) is 6.42 Å². The summed E-state index contributed by atoms with van der Waals surface area (Å²) >= 11 is 0. The summed E-state index contributed by atoms with van der Waals surface area (Å²) in [6, 6.07) is 14.5. The number of rotatable bonds is 7. The van der Waals surface area contributed by atoms with Crippen molar-refractivity contribution in [2.24, 2.45) is 0 Å². The molecule has 0 heterocycles. The number of fused-ring (bicyclic) bond motifs is 1. The Morgan fingerprint density at radius 2 is 1.91 bits per heavy atom. The minimum atomic E-state index is -0.100. The molecule has 0 aromatic heterocycles. The number of amides is 2. The van der Waals surface area contributed by atoms with Gasteiger partial charge in [-0.3, -0.25) is 0 Å². The number of hydrogen-bond acceptors (Lipinski definition) is 2. The van der Waals surface area contributed by atoms with Crippen molar-refractivity contribution in [3.63, 3.8) is 0 Å². The number of nitrogens with zero attached hydrogens (tertiary/aromatic N) is 1. The highest BCUT2D eigenvalue weighted by Crippen LogP contribution is 2.15. The topological polar surface area (TPSA) is 52.6 Å². The van der Waals surface area contributed by atoms with E-state index in [1.807, 2.05) is 19.1 Å². The molecule has 4 heteroatoms. The van der Waals surface area contributed by atoms with E-state index in [2.05, 4.69) is 35.6 Å². The van der Waals surface area contributed by atoms with Crippen LogP contribution in [0.25, 0.3) is 10.8 Å². The Bertz CT molecular complexity index is 607. The molecule has 22 heavy (non-hydrogen) atoms. The van der Waals surface area contributed by atoms with E-state index in [1.54, 1.807) is 4.90 Å². The van der Waals surface area contributed by atoms with Crippen LogP contribution in [0, 0.1) is 0 Å². The zero-order valence-corrected chi connectivity index (χ0v) is 13.1. The summed E-state index contributed by atoms with van der Waals surface area (Å²) in [5.74, 6) is 0. The quantitative estimate of drug-likeness (QED) is 0.826. The van der Waals surface area contributed by atoms with Crippen LogP contribution in [0.1, 0.15) is 18.9 Å². The number of carbonyl (C=O) groups is 1. The maximum Gasteiger partial charge on any atom is 0.317 e. The van der Waals surface area contributed by atoms with Crippen molar-refractivity contribution in [1.82, 2.24) is 10.2 Å². The van der Waals surface area contributed by atoms with E-state index in [4.69, 9.17) is 5.11 Å². The van der Waals surface area contributed by atoms with Crippen molar-refractivity contribution in [3.8, 4) is 0 Å². The monoisotopic (exact) mass is 300 g/mol. The van der Waals surface area contributed by atoms with Gasteiger partial charge in [0.1, 0.15) is 0 Å². The minimum Gasteiger partial charge on any atom is -0.395 e. The van der Waals surface area contributed by atoms with Crippen molar-refractivity contribution in [1.29, 1.82) is 0 Å². The fraction of sp³-hybridized carbons (Fsp3) is 0.389. The van der Waals surface area contributed by atoms with Crippen molar-refractivity contribution in [2.75, 3.05) is 26.2 Å². The Morgan fingerprint density at radius 3 is 2.64 bits per heavy atom. The number of aliphatic hydroxyl groups excluding tert-OH is 1. The third-order valence-electron chi connectivity index (χ3n) is 3.65. The second-order valence-corrected chi connectivity index (χ2v) is 5.37. The molecule has 0 radical (unpaired) electrons. The fourth-order valence-corrected chi connectivity index (χ4v) is 2.53. The smallest absolute Gasteiger partial charge is 0.317 e. The lowest BCUT2D eigenvalue weighted by molar-refractivity contribution is 0.177. The maximum absolute atomic E-state index is 12.0. The predicted octanol–water partition coefficient (Wildman–Crippen LogP) is 2.80.